The van der Waals surface area contributed by atoms with Crippen LogP contribution in [0.2, 0.25) is 10.0 Å². The van der Waals surface area contributed by atoms with Gasteiger partial charge in [-0.2, -0.15) is 0 Å². The van der Waals surface area contributed by atoms with Crippen molar-refractivity contribution in [2.24, 2.45) is 4.99 Å². The number of hydrogen-bond donors (Lipinski definition) is 0. The number of halogens is 2. The molecule has 0 aromatic heterocycles. The van der Waals surface area contributed by atoms with Gasteiger partial charge in [0.15, 0.2) is 0 Å². The lowest BCUT2D eigenvalue weighted by atomic mass is 10.2. The molecule has 0 spiro atoms. The smallest absolute Gasteiger partial charge is 0.131 e. The van der Waals surface area contributed by atoms with Crippen molar-refractivity contribution in [3.63, 3.8) is 0 Å². The first-order valence-corrected chi connectivity index (χ1v) is 6.05. The third-order valence-electron chi connectivity index (χ3n) is 2.35. The van der Waals surface area contributed by atoms with Crippen LogP contribution in [0.1, 0.15) is 13.8 Å². The Morgan fingerprint density at radius 2 is 1.88 bits per heavy atom. The molecule has 1 aromatic carbocycles. The van der Waals surface area contributed by atoms with Crippen LogP contribution in [0.25, 0.3) is 0 Å². The first-order valence-electron chi connectivity index (χ1n) is 5.30. The van der Waals surface area contributed by atoms with Crippen LogP contribution in [0, 0.1) is 0 Å². The number of allylic oxidation sites excluding steroid dienone is 1. The second-order valence-electron chi connectivity index (χ2n) is 3.90. The monoisotopic (exact) mass is 270 g/mol. The molecule has 0 radical (unpaired) electrons. The third kappa shape index (κ3) is 3.76. The van der Waals surface area contributed by atoms with Crippen LogP contribution in [0.4, 0.5) is 5.69 Å². The number of aliphatic imine (C=N–C) groups is 1. The fraction of sp³-hybridized carbons (Fsp3) is 0.308. The summed E-state index contributed by atoms with van der Waals surface area (Å²) < 4.78 is 0. The van der Waals surface area contributed by atoms with Crippen LogP contribution in [-0.2, 0) is 0 Å². The molecule has 17 heavy (non-hydrogen) atoms. The number of likely N-dealkylation sites (N-methyl/N-ethyl adjacent to an activating group) is 1. The summed E-state index contributed by atoms with van der Waals surface area (Å²) in [6.45, 7) is 4.01. The molecule has 0 amide bonds. The lowest BCUT2D eigenvalue weighted by Gasteiger charge is -2.16. The number of rotatable bonds is 2. The molecule has 0 aliphatic rings. The average Bonchev–Trinajstić information content (AvgIpc) is 2.29. The summed E-state index contributed by atoms with van der Waals surface area (Å²) in [6.07, 6.45) is 2.02. The highest BCUT2D eigenvalue weighted by Gasteiger charge is 2.05. The minimum Gasteiger partial charge on any atom is -0.363 e. The van der Waals surface area contributed by atoms with Crippen molar-refractivity contribution < 1.29 is 0 Å². The van der Waals surface area contributed by atoms with Crippen LogP contribution in [0.15, 0.2) is 34.8 Å². The summed E-state index contributed by atoms with van der Waals surface area (Å²) in [7, 11) is 3.92. The summed E-state index contributed by atoms with van der Waals surface area (Å²) in [5.74, 6) is 0.908. The molecule has 0 aliphatic carbocycles. The Balaban J connectivity index is 3.18. The van der Waals surface area contributed by atoms with Crippen molar-refractivity contribution >= 4 is 34.7 Å². The standard InChI is InChI=1S/C13H16Cl2N2/c1-5-9(2)13(17(3)4)16-10-6-7-11(14)12(15)8-10/h5-8H,1-4H3/b9-5+,16-13?. The van der Waals surface area contributed by atoms with Crippen molar-refractivity contribution in [1.82, 2.24) is 4.90 Å². The van der Waals surface area contributed by atoms with Gasteiger partial charge in [0.2, 0.25) is 0 Å². The molecule has 1 rings (SSSR count). The number of amidine groups is 1. The van der Waals surface area contributed by atoms with Crippen LogP contribution in [-0.4, -0.2) is 24.8 Å². The molecule has 0 heterocycles. The Labute approximate surface area is 113 Å². The second kappa shape index (κ2) is 6.08. The Morgan fingerprint density at radius 1 is 1.24 bits per heavy atom. The highest BCUT2D eigenvalue weighted by Crippen LogP contribution is 2.27. The number of benzene rings is 1. The van der Waals surface area contributed by atoms with Gasteiger partial charge in [0, 0.05) is 14.1 Å². The van der Waals surface area contributed by atoms with Gasteiger partial charge in [0.1, 0.15) is 5.84 Å². The lowest BCUT2D eigenvalue weighted by molar-refractivity contribution is 0.622. The summed E-state index contributed by atoms with van der Waals surface area (Å²) in [6, 6.07) is 5.36. The Hall–Kier alpha value is -0.990. The maximum Gasteiger partial charge on any atom is 0.131 e. The van der Waals surface area contributed by atoms with Gasteiger partial charge in [-0.25, -0.2) is 4.99 Å². The van der Waals surface area contributed by atoms with Crippen molar-refractivity contribution in [2.45, 2.75) is 13.8 Å². The predicted octanol–water partition coefficient (Wildman–Crippen LogP) is 4.55. The SMILES string of the molecule is C/C=C(\C)C(=Nc1ccc(Cl)c(Cl)c1)N(C)C. The third-order valence-corrected chi connectivity index (χ3v) is 3.09. The van der Waals surface area contributed by atoms with Crippen molar-refractivity contribution in [2.75, 3.05) is 14.1 Å². The van der Waals surface area contributed by atoms with E-state index in [1.54, 1.807) is 12.1 Å². The zero-order chi connectivity index (χ0) is 13.0. The zero-order valence-corrected chi connectivity index (χ0v) is 12.0. The molecular weight excluding hydrogens is 255 g/mol. The molecule has 0 unspecified atom stereocenters. The molecule has 4 heteroatoms. The van der Waals surface area contributed by atoms with Crippen LogP contribution >= 0.6 is 23.2 Å². The maximum absolute atomic E-state index is 5.96. The number of nitrogens with zero attached hydrogens (tertiary/aromatic N) is 2. The summed E-state index contributed by atoms with van der Waals surface area (Å²) in [5.41, 5.74) is 1.91. The molecule has 0 atom stereocenters. The van der Waals surface area contributed by atoms with E-state index in [1.807, 2.05) is 45.0 Å². The first-order chi connectivity index (χ1) is 7.95. The van der Waals surface area contributed by atoms with Crippen molar-refractivity contribution in [1.29, 1.82) is 0 Å². The highest BCUT2D eigenvalue weighted by atomic mass is 35.5. The van der Waals surface area contributed by atoms with E-state index in [2.05, 4.69) is 4.99 Å². The molecule has 1 aromatic rings. The molecule has 0 aliphatic heterocycles. The van der Waals surface area contributed by atoms with Crippen molar-refractivity contribution in [3.8, 4) is 0 Å². The minimum absolute atomic E-state index is 0.518. The quantitative estimate of drug-likeness (QED) is 0.569. The van der Waals surface area contributed by atoms with E-state index in [9.17, 15) is 0 Å². The van der Waals surface area contributed by atoms with Gasteiger partial charge >= 0.3 is 0 Å². The molecule has 0 fully saturated rings. The van der Waals surface area contributed by atoms with Gasteiger partial charge in [-0.3, -0.25) is 0 Å². The van der Waals surface area contributed by atoms with Gasteiger partial charge < -0.3 is 4.90 Å². The summed E-state index contributed by atoms with van der Waals surface area (Å²) in [5, 5.41) is 1.06. The van der Waals surface area contributed by atoms with E-state index < -0.39 is 0 Å². The number of hydrogen-bond acceptors (Lipinski definition) is 1. The van der Waals surface area contributed by atoms with E-state index >= 15 is 0 Å². The van der Waals surface area contributed by atoms with Crippen LogP contribution in [0.5, 0.6) is 0 Å². The second-order valence-corrected chi connectivity index (χ2v) is 4.71. The normalized spacial score (nSPS) is 12.8. The highest BCUT2D eigenvalue weighted by molar-refractivity contribution is 6.42. The molecule has 0 saturated heterocycles. The van der Waals surface area contributed by atoms with Gasteiger partial charge in [-0.15, -0.1) is 0 Å². The Bertz CT molecular complexity index is 462. The van der Waals surface area contributed by atoms with E-state index in [0.717, 1.165) is 17.1 Å². The minimum atomic E-state index is 0.518. The Morgan fingerprint density at radius 3 is 2.35 bits per heavy atom. The predicted molar refractivity (Wildman–Crippen MR) is 76.7 cm³/mol. The van der Waals surface area contributed by atoms with Gasteiger partial charge in [-0.1, -0.05) is 29.3 Å². The topological polar surface area (TPSA) is 15.6 Å². The fourth-order valence-corrected chi connectivity index (χ4v) is 1.64. The van der Waals surface area contributed by atoms with E-state index in [1.165, 1.54) is 0 Å². The van der Waals surface area contributed by atoms with Crippen LogP contribution in [0.3, 0.4) is 0 Å². The summed E-state index contributed by atoms with van der Waals surface area (Å²) in [4.78, 5) is 6.53. The van der Waals surface area contributed by atoms with Crippen LogP contribution < -0.4 is 0 Å². The molecular formula is C13H16Cl2N2. The summed E-state index contributed by atoms with van der Waals surface area (Å²) >= 11 is 11.8. The average molecular weight is 271 g/mol. The van der Waals surface area contributed by atoms with Gasteiger partial charge in [0.05, 0.1) is 15.7 Å². The van der Waals surface area contributed by atoms with Crippen molar-refractivity contribution in [3.05, 3.63) is 39.9 Å². The largest absolute Gasteiger partial charge is 0.363 e. The van der Waals surface area contributed by atoms with Gasteiger partial charge in [0.25, 0.3) is 0 Å². The lowest BCUT2D eigenvalue weighted by Crippen LogP contribution is -2.22. The molecule has 92 valence electrons. The first kappa shape index (κ1) is 14.1. The Kier molecular flexibility index (Phi) is 5.03. The molecule has 0 saturated carbocycles. The molecule has 0 N–H and O–H groups in total. The zero-order valence-electron chi connectivity index (χ0n) is 10.5. The van der Waals surface area contributed by atoms with Gasteiger partial charge in [-0.05, 0) is 37.6 Å². The molecule has 0 bridgehead atoms. The van der Waals surface area contributed by atoms with E-state index in [0.29, 0.717) is 10.0 Å². The van der Waals surface area contributed by atoms with E-state index in [4.69, 9.17) is 23.2 Å². The maximum atomic E-state index is 5.96. The fourth-order valence-electron chi connectivity index (χ4n) is 1.35. The molecule has 2 nitrogen and oxygen atoms in total. The van der Waals surface area contributed by atoms with E-state index in [-0.39, 0.29) is 0 Å².